The molecule has 0 atom stereocenters. The van der Waals surface area contributed by atoms with Crippen LogP contribution in [0.25, 0.3) is 0 Å². The smallest absolute Gasteiger partial charge is 0.251 e. The highest BCUT2D eigenvalue weighted by Crippen LogP contribution is 2.15. The third kappa shape index (κ3) is 3.94. The van der Waals surface area contributed by atoms with Gasteiger partial charge in [0.25, 0.3) is 5.91 Å². The van der Waals surface area contributed by atoms with Crippen molar-refractivity contribution >= 4 is 21.8 Å². The number of hydrogen-bond acceptors (Lipinski definition) is 2. The van der Waals surface area contributed by atoms with E-state index < -0.39 is 0 Å². The molecule has 0 spiro atoms. The second-order valence-corrected chi connectivity index (χ2v) is 4.63. The third-order valence-electron chi connectivity index (χ3n) is 2.35. The van der Waals surface area contributed by atoms with Crippen molar-refractivity contribution in [3.63, 3.8) is 0 Å². The van der Waals surface area contributed by atoms with Gasteiger partial charge in [0.1, 0.15) is 0 Å². The summed E-state index contributed by atoms with van der Waals surface area (Å²) in [6, 6.07) is 5.65. The average Bonchev–Trinajstić information content (AvgIpc) is 2.24. The lowest BCUT2D eigenvalue weighted by atomic mass is 10.1. The Bertz CT molecular complexity index is 366. The van der Waals surface area contributed by atoms with Gasteiger partial charge in [-0.1, -0.05) is 15.9 Å². The van der Waals surface area contributed by atoms with Crippen molar-refractivity contribution in [1.29, 1.82) is 0 Å². The van der Waals surface area contributed by atoms with Gasteiger partial charge in [0.2, 0.25) is 0 Å². The molecule has 0 fully saturated rings. The molecule has 0 heterocycles. The molecule has 0 aliphatic rings. The molecular weight excluding hydrogens is 268 g/mol. The minimum Gasteiger partial charge on any atom is -0.352 e. The first-order valence-electron chi connectivity index (χ1n) is 5.39. The van der Waals surface area contributed by atoms with E-state index in [1.807, 2.05) is 25.1 Å². The number of rotatable bonds is 5. The predicted octanol–water partition coefficient (Wildman–Crippen LogP) is 2.23. The van der Waals surface area contributed by atoms with Crippen molar-refractivity contribution in [3.05, 3.63) is 33.8 Å². The van der Waals surface area contributed by atoms with Gasteiger partial charge >= 0.3 is 0 Å². The molecule has 0 aliphatic heterocycles. The lowest BCUT2D eigenvalue weighted by molar-refractivity contribution is 0.0952. The SMILES string of the molecule is Cc1cc(Br)ccc1C(=O)NCCCCN. The number of halogens is 1. The zero-order chi connectivity index (χ0) is 12.0. The Kier molecular flexibility index (Phi) is 5.49. The van der Waals surface area contributed by atoms with Crippen LogP contribution in [-0.2, 0) is 0 Å². The molecule has 1 aromatic carbocycles. The van der Waals surface area contributed by atoms with E-state index in [4.69, 9.17) is 5.73 Å². The molecule has 16 heavy (non-hydrogen) atoms. The summed E-state index contributed by atoms with van der Waals surface area (Å²) in [5.74, 6) is -0.0120. The summed E-state index contributed by atoms with van der Waals surface area (Å²) in [6.45, 7) is 3.29. The van der Waals surface area contributed by atoms with Gasteiger partial charge in [-0.2, -0.15) is 0 Å². The second-order valence-electron chi connectivity index (χ2n) is 3.71. The van der Waals surface area contributed by atoms with E-state index in [1.54, 1.807) is 0 Å². The van der Waals surface area contributed by atoms with Gasteiger partial charge in [-0.3, -0.25) is 4.79 Å². The van der Waals surface area contributed by atoms with Gasteiger partial charge in [0, 0.05) is 16.6 Å². The van der Waals surface area contributed by atoms with Gasteiger partial charge in [-0.15, -0.1) is 0 Å². The fraction of sp³-hybridized carbons (Fsp3) is 0.417. The van der Waals surface area contributed by atoms with Crippen molar-refractivity contribution in [2.75, 3.05) is 13.1 Å². The average molecular weight is 285 g/mol. The molecule has 0 unspecified atom stereocenters. The summed E-state index contributed by atoms with van der Waals surface area (Å²) < 4.78 is 0.990. The monoisotopic (exact) mass is 284 g/mol. The van der Waals surface area contributed by atoms with E-state index in [2.05, 4.69) is 21.2 Å². The van der Waals surface area contributed by atoms with Crippen molar-refractivity contribution in [2.45, 2.75) is 19.8 Å². The first-order chi connectivity index (χ1) is 7.65. The lowest BCUT2D eigenvalue weighted by Crippen LogP contribution is -2.25. The van der Waals surface area contributed by atoms with E-state index in [0.29, 0.717) is 13.1 Å². The zero-order valence-corrected chi connectivity index (χ0v) is 11.0. The van der Waals surface area contributed by atoms with E-state index >= 15 is 0 Å². The van der Waals surface area contributed by atoms with E-state index in [-0.39, 0.29) is 5.91 Å². The number of unbranched alkanes of at least 4 members (excludes halogenated alkanes) is 1. The molecule has 4 heteroatoms. The quantitative estimate of drug-likeness (QED) is 0.815. The van der Waals surface area contributed by atoms with Crippen LogP contribution >= 0.6 is 15.9 Å². The minimum absolute atomic E-state index is 0.0120. The van der Waals surface area contributed by atoms with E-state index in [9.17, 15) is 4.79 Å². The third-order valence-corrected chi connectivity index (χ3v) is 2.84. The summed E-state index contributed by atoms with van der Waals surface area (Å²) in [5, 5.41) is 2.88. The summed E-state index contributed by atoms with van der Waals surface area (Å²) >= 11 is 3.37. The molecule has 1 aromatic rings. The van der Waals surface area contributed by atoms with Crippen molar-refractivity contribution in [3.8, 4) is 0 Å². The van der Waals surface area contributed by atoms with Crippen molar-refractivity contribution in [1.82, 2.24) is 5.32 Å². The first-order valence-corrected chi connectivity index (χ1v) is 6.19. The minimum atomic E-state index is -0.0120. The van der Waals surface area contributed by atoms with Gasteiger partial charge in [0.05, 0.1) is 0 Å². The Balaban J connectivity index is 2.53. The molecule has 3 nitrogen and oxygen atoms in total. The number of carbonyl (C=O) groups is 1. The van der Waals surface area contributed by atoms with Gasteiger partial charge < -0.3 is 11.1 Å². The second kappa shape index (κ2) is 6.66. The van der Waals surface area contributed by atoms with Crippen LogP contribution in [-0.4, -0.2) is 19.0 Å². The molecule has 0 saturated carbocycles. The Morgan fingerprint density at radius 2 is 2.19 bits per heavy atom. The van der Waals surface area contributed by atoms with E-state index in [1.165, 1.54) is 0 Å². The Labute approximate surface area is 105 Å². The molecule has 1 amide bonds. The van der Waals surface area contributed by atoms with Crippen LogP contribution < -0.4 is 11.1 Å². The van der Waals surface area contributed by atoms with Crippen LogP contribution in [0.3, 0.4) is 0 Å². The molecule has 0 saturated heterocycles. The number of benzene rings is 1. The Morgan fingerprint density at radius 1 is 1.44 bits per heavy atom. The normalized spacial score (nSPS) is 10.2. The molecule has 88 valence electrons. The highest BCUT2D eigenvalue weighted by molar-refractivity contribution is 9.10. The first kappa shape index (κ1) is 13.2. The highest BCUT2D eigenvalue weighted by Gasteiger charge is 2.07. The molecule has 0 bridgehead atoms. The number of aryl methyl sites for hydroxylation is 1. The molecule has 0 radical (unpaired) electrons. The number of hydrogen-bond donors (Lipinski definition) is 2. The lowest BCUT2D eigenvalue weighted by Gasteiger charge is -2.07. The van der Waals surface area contributed by atoms with Crippen LogP contribution in [0.4, 0.5) is 0 Å². The van der Waals surface area contributed by atoms with Crippen molar-refractivity contribution in [2.24, 2.45) is 5.73 Å². The topological polar surface area (TPSA) is 55.1 Å². The predicted molar refractivity (Wildman–Crippen MR) is 69.5 cm³/mol. The maximum absolute atomic E-state index is 11.8. The maximum atomic E-state index is 11.8. The van der Waals surface area contributed by atoms with Gasteiger partial charge in [-0.25, -0.2) is 0 Å². The number of amides is 1. The van der Waals surface area contributed by atoms with Crippen LogP contribution in [0, 0.1) is 6.92 Å². The van der Waals surface area contributed by atoms with Crippen LogP contribution in [0.15, 0.2) is 22.7 Å². The van der Waals surface area contributed by atoms with Crippen LogP contribution in [0.1, 0.15) is 28.8 Å². The Hall–Kier alpha value is -0.870. The summed E-state index contributed by atoms with van der Waals surface area (Å²) in [6.07, 6.45) is 1.87. The van der Waals surface area contributed by atoms with E-state index in [0.717, 1.165) is 28.4 Å². The van der Waals surface area contributed by atoms with Gasteiger partial charge in [-0.05, 0) is 50.1 Å². The Morgan fingerprint density at radius 3 is 2.81 bits per heavy atom. The standard InChI is InChI=1S/C12H17BrN2O/c1-9-8-10(13)4-5-11(9)12(16)15-7-3-2-6-14/h4-5,8H,2-3,6-7,14H2,1H3,(H,15,16). The summed E-state index contributed by atoms with van der Waals surface area (Å²) in [5.41, 5.74) is 7.09. The molecule has 3 N–H and O–H groups in total. The maximum Gasteiger partial charge on any atom is 0.251 e. The molecule has 0 aliphatic carbocycles. The number of carbonyl (C=O) groups excluding carboxylic acids is 1. The number of nitrogens with two attached hydrogens (primary N) is 1. The molecule has 1 rings (SSSR count). The fourth-order valence-electron chi connectivity index (χ4n) is 1.45. The van der Waals surface area contributed by atoms with Crippen LogP contribution in [0.2, 0.25) is 0 Å². The van der Waals surface area contributed by atoms with Crippen LogP contribution in [0.5, 0.6) is 0 Å². The molecule has 0 aromatic heterocycles. The molecular formula is C12H17BrN2O. The summed E-state index contributed by atoms with van der Waals surface area (Å²) in [4.78, 5) is 11.8. The summed E-state index contributed by atoms with van der Waals surface area (Å²) in [7, 11) is 0. The largest absolute Gasteiger partial charge is 0.352 e. The highest BCUT2D eigenvalue weighted by atomic mass is 79.9. The zero-order valence-electron chi connectivity index (χ0n) is 9.42. The van der Waals surface area contributed by atoms with Crippen molar-refractivity contribution < 1.29 is 4.79 Å². The fourth-order valence-corrected chi connectivity index (χ4v) is 1.92. The van der Waals surface area contributed by atoms with Gasteiger partial charge in [0.15, 0.2) is 0 Å². The number of nitrogens with one attached hydrogen (secondary N) is 1.